The fourth-order valence-electron chi connectivity index (χ4n) is 0.474. The van der Waals surface area contributed by atoms with Crippen LogP contribution in [-0.2, 0) is 0 Å². The van der Waals surface area contributed by atoms with Gasteiger partial charge in [0.2, 0.25) is 0 Å². The molecule has 0 aromatic carbocycles. The molecular formula is C5H14N2. The highest BCUT2D eigenvalue weighted by Gasteiger charge is 2.04. The van der Waals surface area contributed by atoms with Crippen molar-refractivity contribution in [1.82, 2.24) is 4.90 Å². The van der Waals surface area contributed by atoms with Crippen molar-refractivity contribution in [2.75, 3.05) is 27.2 Å². The van der Waals surface area contributed by atoms with E-state index in [0.29, 0.717) is 0 Å². The second-order valence-corrected chi connectivity index (χ2v) is 1.66. The van der Waals surface area contributed by atoms with Crippen LogP contribution >= 0.6 is 0 Å². The molecule has 0 aromatic heterocycles. The van der Waals surface area contributed by atoms with Crippen LogP contribution < -0.4 is 5.73 Å². The maximum atomic E-state index is 4.50. The summed E-state index contributed by atoms with van der Waals surface area (Å²) in [4.78, 5) is 2.31. The first kappa shape index (κ1) is 6.92. The molecule has 1 heterocycles. The number of likely N-dealkylation sites (tertiary alicyclic amines) is 1. The summed E-state index contributed by atoms with van der Waals surface area (Å²) in [5, 5.41) is 0. The zero-order valence-corrected chi connectivity index (χ0v) is 5.15. The second-order valence-electron chi connectivity index (χ2n) is 1.66. The number of hydrogen-bond acceptors (Lipinski definition) is 2. The molecule has 0 unspecified atom stereocenters. The molecule has 1 aliphatic rings. The number of nitrogens with two attached hydrogens (primary N) is 1. The molecule has 1 rings (SSSR count). The Morgan fingerprint density at radius 2 is 1.57 bits per heavy atom. The van der Waals surface area contributed by atoms with E-state index >= 15 is 0 Å². The fourth-order valence-corrected chi connectivity index (χ4v) is 0.474. The highest BCUT2D eigenvalue weighted by molar-refractivity contribution is 4.61. The minimum atomic E-state index is 1.32. The lowest BCUT2D eigenvalue weighted by Crippen LogP contribution is -2.32. The van der Waals surface area contributed by atoms with Crippen molar-refractivity contribution in [3.8, 4) is 0 Å². The van der Waals surface area contributed by atoms with Crippen LogP contribution in [0.4, 0.5) is 0 Å². The van der Waals surface area contributed by atoms with Crippen molar-refractivity contribution in [2.24, 2.45) is 5.73 Å². The van der Waals surface area contributed by atoms with Crippen molar-refractivity contribution in [2.45, 2.75) is 6.42 Å². The quantitative estimate of drug-likeness (QED) is 0.462. The largest absolute Gasteiger partial charge is 0.333 e. The average Bonchev–Trinajstić information content (AvgIpc) is 1.68. The molecule has 0 spiro atoms. The summed E-state index contributed by atoms with van der Waals surface area (Å²) in [6, 6.07) is 0. The Kier molecular flexibility index (Phi) is 4.04. The first-order valence-corrected chi connectivity index (χ1v) is 2.66. The molecule has 0 radical (unpaired) electrons. The molecule has 0 aromatic rings. The molecule has 0 saturated carbocycles. The van der Waals surface area contributed by atoms with Gasteiger partial charge in [0.15, 0.2) is 0 Å². The Labute approximate surface area is 45.3 Å². The third-order valence-corrected chi connectivity index (χ3v) is 1.08. The number of hydrogen-bond donors (Lipinski definition) is 1. The topological polar surface area (TPSA) is 29.3 Å². The summed E-state index contributed by atoms with van der Waals surface area (Å²) in [6.45, 7) is 2.64. The predicted molar refractivity (Wildman–Crippen MR) is 32.2 cm³/mol. The van der Waals surface area contributed by atoms with Crippen molar-refractivity contribution >= 4 is 0 Å². The zero-order chi connectivity index (χ0) is 5.70. The van der Waals surface area contributed by atoms with Gasteiger partial charge in [-0.1, -0.05) is 0 Å². The van der Waals surface area contributed by atoms with Crippen LogP contribution in [0.15, 0.2) is 0 Å². The summed E-state index contributed by atoms with van der Waals surface area (Å²) in [7, 11) is 3.64. The third kappa shape index (κ3) is 2.60. The molecule has 2 nitrogen and oxygen atoms in total. The van der Waals surface area contributed by atoms with Crippen molar-refractivity contribution in [3.05, 3.63) is 0 Å². The summed E-state index contributed by atoms with van der Waals surface area (Å²) in [6.07, 6.45) is 1.41. The van der Waals surface area contributed by atoms with Gasteiger partial charge in [-0.05, 0) is 33.6 Å². The van der Waals surface area contributed by atoms with Gasteiger partial charge >= 0.3 is 0 Å². The third-order valence-electron chi connectivity index (χ3n) is 1.08. The van der Waals surface area contributed by atoms with E-state index in [4.69, 9.17) is 0 Å². The predicted octanol–water partition coefficient (Wildman–Crippen LogP) is -0.103. The molecule has 44 valence electrons. The monoisotopic (exact) mass is 102 g/mol. The smallest absolute Gasteiger partial charge is 0.000959 e. The van der Waals surface area contributed by atoms with Crippen LogP contribution in [0.3, 0.4) is 0 Å². The Balaban J connectivity index is 0.000000162. The molecule has 0 bridgehead atoms. The van der Waals surface area contributed by atoms with Gasteiger partial charge in [-0.3, -0.25) is 0 Å². The highest BCUT2D eigenvalue weighted by atomic mass is 15.1. The molecular weight excluding hydrogens is 88.1 g/mol. The highest BCUT2D eigenvalue weighted by Crippen LogP contribution is 1.98. The summed E-state index contributed by atoms with van der Waals surface area (Å²) >= 11 is 0. The lowest BCUT2D eigenvalue weighted by molar-refractivity contribution is 0.229. The molecule has 0 amide bonds. The molecule has 1 saturated heterocycles. The van der Waals surface area contributed by atoms with Crippen molar-refractivity contribution in [1.29, 1.82) is 0 Å². The van der Waals surface area contributed by atoms with Crippen LogP contribution in [0.5, 0.6) is 0 Å². The van der Waals surface area contributed by atoms with Crippen LogP contribution in [-0.4, -0.2) is 32.1 Å². The van der Waals surface area contributed by atoms with Crippen molar-refractivity contribution in [3.63, 3.8) is 0 Å². The van der Waals surface area contributed by atoms with Gasteiger partial charge in [0, 0.05) is 0 Å². The Morgan fingerprint density at radius 3 is 1.57 bits per heavy atom. The molecule has 0 atom stereocenters. The van der Waals surface area contributed by atoms with E-state index in [2.05, 4.69) is 17.7 Å². The minimum absolute atomic E-state index is 1.32. The zero-order valence-electron chi connectivity index (χ0n) is 5.15. The van der Waals surface area contributed by atoms with E-state index in [1.807, 2.05) is 0 Å². The van der Waals surface area contributed by atoms with Crippen molar-refractivity contribution < 1.29 is 0 Å². The van der Waals surface area contributed by atoms with Gasteiger partial charge in [0.25, 0.3) is 0 Å². The van der Waals surface area contributed by atoms with Gasteiger partial charge in [-0.2, -0.15) is 0 Å². The molecule has 1 fully saturated rings. The van der Waals surface area contributed by atoms with E-state index < -0.39 is 0 Å². The SMILES string of the molecule is CN.CN1CCC1. The average molecular weight is 102 g/mol. The summed E-state index contributed by atoms with van der Waals surface area (Å²) in [5.41, 5.74) is 4.50. The van der Waals surface area contributed by atoms with Crippen LogP contribution in [0, 0.1) is 0 Å². The molecule has 7 heavy (non-hydrogen) atoms. The minimum Gasteiger partial charge on any atom is -0.333 e. The maximum Gasteiger partial charge on any atom is -0.000959 e. The number of nitrogens with zero attached hydrogens (tertiary/aromatic N) is 1. The van der Waals surface area contributed by atoms with Crippen LogP contribution in [0.25, 0.3) is 0 Å². The van der Waals surface area contributed by atoms with E-state index in [1.54, 1.807) is 0 Å². The molecule has 0 aliphatic carbocycles. The number of rotatable bonds is 0. The fraction of sp³-hybridized carbons (Fsp3) is 1.00. The molecule has 1 aliphatic heterocycles. The van der Waals surface area contributed by atoms with Gasteiger partial charge in [-0.15, -0.1) is 0 Å². The first-order chi connectivity index (χ1) is 3.39. The van der Waals surface area contributed by atoms with E-state index in [9.17, 15) is 0 Å². The Hall–Kier alpha value is -0.0800. The van der Waals surface area contributed by atoms with Crippen LogP contribution in [0.2, 0.25) is 0 Å². The van der Waals surface area contributed by atoms with E-state index in [1.165, 1.54) is 26.6 Å². The summed E-state index contributed by atoms with van der Waals surface area (Å²) < 4.78 is 0. The maximum absolute atomic E-state index is 4.50. The summed E-state index contributed by atoms with van der Waals surface area (Å²) in [5.74, 6) is 0. The van der Waals surface area contributed by atoms with Crippen LogP contribution in [0.1, 0.15) is 6.42 Å². The lowest BCUT2D eigenvalue weighted by atomic mass is 10.3. The molecule has 2 heteroatoms. The van der Waals surface area contributed by atoms with Gasteiger partial charge in [0.05, 0.1) is 0 Å². The normalized spacial score (nSPS) is 19.3. The lowest BCUT2D eigenvalue weighted by Gasteiger charge is -2.24. The van der Waals surface area contributed by atoms with Gasteiger partial charge in [-0.25, -0.2) is 0 Å². The van der Waals surface area contributed by atoms with E-state index in [-0.39, 0.29) is 0 Å². The second kappa shape index (κ2) is 4.09. The van der Waals surface area contributed by atoms with E-state index in [0.717, 1.165) is 0 Å². The Morgan fingerprint density at radius 1 is 1.29 bits per heavy atom. The first-order valence-electron chi connectivity index (χ1n) is 2.66. The Bertz CT molecular complexity index is 33.1. The standard InChI is InChI=1S/C4H9N.CH5N/c1-5-3-2-4-5;1-2/h2-4H2,1H3;2H2,1H3. The molecule has 2 N–H and O–H groups in total. The van der Waals surface area contributed by atoms with Gasteiger partial charge in [0.1, 0.15) is 0 Å². The van der Waals surface area contributed by atoms with Gasteiger partial charge < -0.3 is 10.6 Å².